The van der Waals surface area contributed by atoms with Crippen LogP contribution in [-0.4, -0.2) is 55.0 Å². The third kappa shape index (κ3) is 3.84. The maximum atomic E-state index is 11.8. The first-order chi connectivity index (χ1) is 9.00. The molecule has 1 aromatic rings. The zero-order valence-electron chi connectivity index (χ0n) is 11.2. The van der Waals surface area contributed by atoms with Gasteiger partial charge in [0.15, 0.2) is 9.84 Å². The summed E-state index contributed by atoms with van der Waals surface area (Å²) in [7, 11) is -1.21. The third-order valence-corrected chi connectivity index (χ3v) is 5.84. The van der Waals surface area contributed by atoms with Crippen LogP contribution in [0.5, 0.6) is 0 Å². The number of anilines is 1. The van der Waals surface area contributed by atoms with Gasteiger partial charge in [0.1, 0.15) is 11.2 Å². The molecule has 106 valence electrons. The summed E-state index contributed by atoms with van der Waals surface area (Å²) in [5.74, 6) is 2.44. The smallest absolute Gasteiger partial charge is 0.164 e. The van der Waals surface area contributed by atoms with E-state index in [-0.39, 0.29) is 5.37 Å². The predicted octanol–water partition coefficient (Wildman–Crippen LogP) is 1.04. The summed E-state index contributed by atoms with van der Waals surface area (Å²) < 4.78 is 23.7. The highest BCUT2D eigenvalue weighted by Crippen LogP contribution is 2.22. The Morgan fingerprint density at radius 1 is 1.58 bits per heavy atom. The van der Waals surface area contributed by atoms with Crippen molar-refractivity contribution >= 4 is 27.4 Å². The van der Waals surface area contributed by atoms with Gasteiger partial charge in [-0.25, -0.2) is 13.4 Å². The van der Waals surface area contributed by atoms with Gasteiger partial charge < -0.3 is 5.32 Å². The number of thioether (sulfide) groups is 1. The molecule has 1 atom stereocenters. The molecule has 1 aromatic heterocycles. The van der Waals surface area contributed by atoms with E-state index in [4.69, 9.17) is 0 Å². The molecule has 0 spiro atoms. The molecule has 0 saturated carbocycles. The Morgan fingerprint density at radius 3 is 3.05 bits per heavy atom. The topological polar surface area (TPSA) is 62.3 Å². The Morgan fingerprint density at radius 2 is 2.37 bits per heavy atom. The summed E-state index contributed by atoms with van der Waals surface area (Å²) in [5.41, 5.74) is 1.08. The molecular weight excluding hydrogens is 282 g/mol. The van der Waals surface area contributed by atoms with Crippen molar-refractivity contribution in [1.82, 2.24) is 9.88 Å². The Kier molecular flexibility index (Phi) is 4.70. The molecule has 0 bridgehead atoms. The number of rotatable bonds is 4. The summed E-state index contributed by atoms with van der Waals surface area (Å²) in [6.07, 6.45) is 3.07. The highest BCUT2D eigenvalue weighted by molar-refractivity contribution is 8.00. The second kappa shape index (κ2) is 6.11. The van der Waals surface area contributed by atoms with Gasteiger partial charge in [0, 0.05) is 44.1 Å². The normalized spacial score (nSPS) is 21.3. The number of aromatic nitrogens is 1. The van der Waals surface area contributed by atoms with E-state index in [1.54, 1.807) is 18.0 Å². The summed E-state index contributed by atoms with van der Waals surface area (Å²) in [6, 6.07) is 3.89. The lowest BCUT2D eigenvalue weighted by atomic mass is 10.2. The largest absolute Gasteiger partial charge is 0.373 e. The number of pyridine rings is 1. The van der Waals surface area contributed by atoms with E-state index in [1.165, 1.54) is 6.26 Å². The van der Waals surface area contributed by atoms with E-state index in [9.17, 15) is 8.42 Å². The number of nitrogens with zero attached hydrogens (tertiary/aromatic N) is 2. The van der Waals surface area contributed by atoms with Crippen LogP contribution in [0.15, 0.2) is 18.3 Å². The van der Waals surface area contributed by atoms with Gasteiger partial charge in [-0.2, -0.15) is 11.8 Å². The molecule has 1 aliphatic heterocycles. The Labute approximate surface area is 118 Å². The minimum Gasteiger partial charge on any atom is -0.373 e. The molecule has 2 heterocycles. The molecular formula is C12H19N3O2S2. The monoisotopic (exact) mass is 301 g/mol. The lowest BCUT2D eigenvalue weighted by molar-refractivity contribution is 0.262. The molecule has 5 nitrogen and oxygen atoms in total. The van der Waals surface area contributed by atoms with Crippen molar-refractivity contribution in [1.29, 1.82) is 0 Å². The van der Waals surface area contributed by atoms with E-state index in [2.05, 4.69) is 10.3 Å². The van der Waals surface area contributed by atoms with E-state index in [0.717, 1.165) is 23.7 Å². The SMILES string of the molecule is CNc1cc(CN2CCSCC2S(C)(=O)=O)ccn1. The number of sulfone groups is 1. The molecule has 1 N–H and O–H groups in total. The van der Waals surface area contributed by atoms with E-state index >= 15 is 0 Å². The molecule has 1 saturated heterocycles. The maximum Gasteiger partial charge on any atom is 0.164 e. The molecule has 0 amide bonds. The van der Waals surface area contributed by atoms with Crippen LogP contribution in [0.2, 0.25) is 0 Å². The third-order valence-electron chi connectivity index (χ3n) is 3.15. The summed E-state index contributed by atoms with van der Waals surface area (Å²) in [4.78, 5) is 6.21. The lowest BCUT2D eigenvalue weighted by Crippen LogP contribution is -2.46. The van der Waals surface area contributed by atoms with Crippen LogP contribution >= 0.6 is 11.8 Å². The molecule has 0 aliphatic carbocycles. The van der Waals surface area contributed by atoms with E-state index in [1.807, 2.05) is 24.1 Å². The van der Waals surface area contributed by atoms with Gasteiger partial charge in [-0.05, 0) is 17.7 Å². The first-order valence-electron chi connectivity index (χ1n) is 6.14. The van der Waals surface area contributed by atoms with Crippen LogP contribution in [-0.2, 0) is 16.4 Å². The van der Waals surface area contributed by atoms with Crippen LogP contribution < -0.4 is 5.32 Å². The first-order valence-corrected chi connectivity index (χ1v) is 9.25. The Hall–Kier alpha value is -0.790. The van der Waals surface area contributed by atoms with Crippen LogP contribution in [0.25, 0.3) is 0 Å². The summed E-state index contributed by atoms with van der Waals surface area (Å²) >= 11 is 1.71. The second-order valence-electron chi connectivity index (χ2n) is 4.63. The van der Waals surface area contributed by atoms with Gasteiger partial charge in [-0.3, -0.25) is 4.90 Å². The van der Waals surface area contributed by atoms with Crippen molar-refractivity contribution in [3.8, 4) is 0 Å². The Balaban J connectivity index is 2.15. The van der Waals surface area contributed by atoms with Gasteiger partial charge >= 0.3 is 0 Å². The predicted molar refractivity (Wildman–Crippen MR) is 80.2 cm³/mol. The van der Waals surface area contributed by atoms with Gasteiger partial charge in [0.25, 0.3) is 0 Å². The number of nitrogens with one attached hydrogen (secondary N) is 1. The quantitative estimate of drug-likeness (QED) is 0.897. The van der Waals surface area contributed by atoms with Crippen molar-refractivity contribution in [2.75, 3.05) is 36.7 Å². The number of hydrogen-bond donors (Lipinski definition) is 1. The lowest BCUT2D eigenvalue weighted by Gasteiger charge is -2.34. The number of hydrogen-bond acceptors (Lipinski definition) is 6. The standard InChI is InChI=1S/C12H19N3O2S2/c1-13-11-7-10(3-4-14-11)8-15-5-6-18-9-12(15)19(2,16)17/h3-4,7,12H,5-6,8-9H2,1-2H3,(H,13,14). The van der Waals surface area contributed by atoms with Gasteiger partial charge in [0.2, 0.25) is 0 Å². The average Bonchev–Trinajstić information content (AvgIpc) is 2.38. The molecule has 1 aliphatic rings. The van der Waals surface area contributed by atoms with Crippen molar-refractivity contribution in [2.24, 2.45) is 0 Å². The molecule has 7 heteroatoms. The zero-order chi connectivity index (χ0) is 13.9. The molecule has 19 heavy (non-hydrogen) atoms. The first kappa shape index (κ1) is 14.6. The van der Waals surface area contributed by atoms with Crippen LogP contribution in [0.1, 0.15) is 5.56 Å². The van der Waals surface area contributed by atoms with E-state index < -0.39 is 9.84 Å². The van der Waals surface area contributed by atoms with Crippen molar-refractivity contribution in [3.05, 3.63) is 23.9 Å². The van der Waals surface area contributed by atoms with Gasteiger partial charge in [-0.15, -0.1) is 0 Å². The zero-order valence-corrected chi connectivity index (χ0v) is 12.8. The van der Waals surface area contributed by atoms with Gasteiger partial charge in [0.05, 0.1) is 0 Å². The Bertz CT molecular complexity index is 534. The highest BCUT2D eigenvalue weighted by Gasteiger charge is 2.30. The summed E-state index contributed by atoms with van der Waals surface area (Å²) in [6.45, 7) is 1.45. The van der Waals surface area contributed by atoms with Crippen molar-refractivity contribution in [2.45, 2.75) is 11.9 Å². The van der Waals surface area contributed by atoms with Crippen LogP contribution in [0.3, 0.4) is 0 Å². The van der Waals surface area contributed by atoms with E-state index in [0.29, 0.717) is 12.3 Å². The second-order valence-corrected chi connectivity index (χ2v) is 7.98. The average molecular weight is 301 g/mol. The highest BCUT2D eigenvalue weighted by atomic mass is 32.2. The minimum atomic E-state index is -3.04. The van der Waals surface area contributed by atoms with Gasteiger partial charge in [-0.1, -0.05) is 0 Å². The van der Waals surface area contributed by atoms with Crippen LogP contribution in [0.4, 0.5) is 5.82 Å². The fraction of sp³-hybridized carbons (Fsp3) is 0.583. The fourth-order valence-electron chi connectivity index (χ4n) is 2.13. The fourth-order valence-corrected chi connectivity index (χ4v) is 5.08. The van der Waals surface area contributed by atoms with Crippen LogP contribution in [0, 0.1) is 0 Å². The molecule has 1 unspecified atom stereocenters. The van der Waals surface area contributed by atoms with Crippen molar-refractivity contribution < 1.29 is 8.42 Å². The molecule has 0 radical (unpaired) electrons. The minimum absolute atomic E-state index is 0.377. The molecule has 2 rings (SSSR count). The summed E-state index contributed by atoms with van der Waals surface area (Å²) in [5, 5.41) is 2.62. The molecule has 1 fully saturated rings. The molecule has 0 aromatic carbocycles. The maximum absolute atomic E-state index is 11.8. The van der Waals surface area contributed by atoms with Crippen molar-refractivity contribution in [3.63, 3.8) is 0 Å².